The topological polar surface area (TPSA) is 12.9 Å². The fourth-order valence-electron chi connectivity index (χ4n) is 1.22. The molecule has 0 saturated heterocycles. The van der Waals surface area contributed by atoms with Gasteiger partial charge in [-0.2, -0.15) is 4.39 Å². The van der Waals surface area contributed by atoms with Crippen LogP contribution in [0.1, 0.15) is 0 Å². The van der Waals surface area contributed by atoms with Gasteiger partial charge in [-0.1, -0.05) is 30.3 Å². The fraction of sp³-hybridized carbons (Fsp3) is 0. The Balaban J connectivity index is 2.48. The molecule has 1 nitrogen and oxygen atoms in total. The molecule has 14 heavy (non-hydrogen) atoms. The first kappa shape index (κ1) is 9.21. The molecule has 0 saturated carbocycles. The third-order valence-corrected chi connectivity index (χ3v) is 2.24. The van der Waals surface area contributed by atoms with Crippen LogP contribution in [0.25, 0.3) is 11.1 Å². The van der Waals surface area contributed by atoms with E-state index in [1.807, 2.05) is 30.3 Å². The minimum absolute atomic E-state index is 0.270. The molecule has 70 valence electrons. The Morgan fingerprint density at radius 3 is 2.43 bits per heavy atom. The van der Waals surface area contributed by atoms with Crippen molar-refractivity contribution in [2.75, 3.05) is 0 Å². The van der Waals surface area contributed by atoms with E-state index in [-0.39, 0.29) is 4.90 Å². The molecule has 2 rings (SSSR count). The van der Waals surface area contributed by atoms with E-state index in [0.29, 0.717) is 0 Å². The molecule has 0 bridgehead atoms. The molecule has 0 amide bonds. The first-order valence-corrected chi connectivity index (χ1v) is 4.62. The van der Waals surface area contributed by atoms with Gasteiger partial charge in [0.2, 0.25) is 5.95 Å². The second-order valence-electron chi connectivity index (χ2n) is 2.90. The maximum atomic E-state index is 12.8. The lowest BCUT2D eigenvalue weighted by molar-refractivity contribution is 0.558. The Hall–Kier alpha value is -1.35. The molecule has 1 heterocycles. The van der Waals surface area contributed by atoms with Crippen LogP contribution in [0.4, 0.5) is 4.39 Å². The van der Waals surface area contributed by atoms with Crippen molar-refractivity contribution in [3.63, 3.8) is 0 Å². The number of hydrogen-bond donors (Lipinski definition) is 1. The maximum Gasteiger partial charge on any atom is 0.226 e. The van der Waals surface area contributed by atoms with Gasteiger partial charge in [0.25, 0.3) is 0 Å². The van der Waals surface area contributed by atoms with Crippen LogP contribution in [0.5, 0.6) is 0 Å². The standard InChI is InChI=1S/C11H8FNS/c12-11-10(14)6-9(7-13-11)8-4-2-1-3-5-8/h1-7,14H. The molecule has 1 aromatic carbocycles. The molecule has 0 N–H and O–H groups in total. The van der Waals surface area contributed by atoms with Crippen molar-refractivity contribution in [1.82, 2.24) is 4.98 Å². The van der Waals surface area contributed by atoms with Crippen LogP contribution < -0.4 is 0 Å². The summed E-state index contributed by atoms with van der Waals surface area (Å²) in [5, 5.41) is 0. The van der Waals surface area contributed by atoms with Gasteiger partial charge in [0.05, 0.1) is 4.90 Å². The third-order valence-electron chi connectivity index (χ3n) is 1.93. The lowest BCUT2D eigenvalue weighted by atomic mass is 10.1. The summed E-state index contributed by atoms with van der Waals surface area (Å²) < 4.78 is 12.8. The first-order valence-electron chi connectivity index (χ1n) is 4.17. The number of benzene rings is 1. The smallest absolute Gasteiger partial charge is 0.226 e. The summed E-state index contributed by atoms with van der Waals surface area (Å²) in [4.78, 5) is 3.88. The van der Waals surface area contributed by atoms with Crippen LogP contribution >= 0.6 is 12.6 Å². The maximum absolute atomic E-state index is 12.8. The van der Waals surface area contributed by atoms with Crippen LogP contribution in [-0.2, 0) is 0 Å². The Labute approximate surface area is 87.0 Å². The van der Waals surface area contributed by atoms with Gasteiger partial charge in [-0.3, -0.25) is 0 Å². The van der Waals surface area contributed by atoms with Crippen LogP contribution in [0.3, 0.4) is 0 Å². The van der Waals surface area contributed by atoms with E-state index in [1.54, 1.807) is 6.07 Å². The summed E-state index contributed by atoms with van der Waals surface area (Å²) >= 11 is 3.98. The largest absolute Gasteiger partial charge is 0.227 e. The van der Waals surface area contributed by atoms with E-state index in [0.717, 1.165) is 11.1 Å². The SMILES string of the molecule is Fc1ncc(-c2ccccc2)cc1S. The summed E-state index contributed by atoms with van der Waals surface area (Å²) in [5.74, 6) is -0.534. The Morgan fingerprint density at radius 1 is 1.07 bits per heavy atom. The van der Waals surface area contributed by atoms with Crippen LogP contribution in [0, 0.1) is 5.95 Å². The molecule has 3 heteroatoms. The Morgan fingerprint density at radius 2 is 1.79 bits per heavy atom. The summed E-state index contributed by atoms with van der Waals surface area (Å²) in [7, 11) is 0. The van der Waals surface area contributed by atoms with E-state index >= 15 is 0 Å². The molecule has 2 aromatic rings. The molecule has 0 aliphatic rings. The summed E-state index contributed by atoms with van der Waals surface area (Å²) in [6, 6.07) is 11.3. The molecule has 0 spiro atoms. The van der Waals surface area contributed by atoms with Gasteiger partial charge in [-0.05, 0) is 11.6 Å². The van der Waals surface area contributed by atoms with Crippen LogP contribution in [-0.4, -0.2) is 4.98 Å². The van der Waals surface area contributed by atoms with Crippen molar-refractivity contribution < 1.29 is 4.39 Å². The average Bonchev–Trinajstić information content (AvgIpc) is 2.23. The van der Waals surface area contributed by atoms with Crippen molar-refractivity contribution in [3.05, 3.63) is 48.5 Å². The summed E-state index contributed by atoms with van der Waals surface area (Å²) in [6.45, 7) is 0. The molecule has 0 aliphatic carbocycles. The number of aromatic nitrogens is 1. The van der Waals surface area contributed by atoms with E-state index in [1.165, 1.54) is 6.20 Å². The van der Waals surface area contributed by atoms with Gasteiger partial charge in [0.1, 0.15) is 0 Å². The van der Waals surface area contributed by atoms with E-state index in [9.17, 15) is 4.39 Å². The van der Waals surface area contributed by atoms with Crippen molar-refractivity contribution in [2.24, 2.45) is 0 Å². The highest BCUT2D eigenvalue weighted by Gasteiger charge is 2.02. The molecule has 0 radical (unpaired) electrons. The normalized spacial score (nSPS) is 10.1. The molecule has 0 unspecified atom stereocenters. The summed E-state index contributed by atoms with van der Waals surface area (Å²) in [6.07, 6.45) is 1.50. The molecule has 1 aromatic heterocycles. The van der Waals surface area contributed by atoms with E-state index in [4.69, 9.17) is 0 Å². The molecular weight excluding hydrogens is 197 g/mol. The predicted molar refractivity (Wildman–Crippen MR) is 56.9 cm³/mol. The lowest BCUT2D eigenvalue weighted by Gasteiger charge is -2.01. The third kappa shape index (κ3) is 1.77. The fourth-order valence-corrected chi connectivity index (χ4v) is 1.42. The van der Waals surface area contributed by atoms with Gasteiger partial charge < -0.3 is 0 Å². The van der Waals surface area contributed by atoms with E-state index in [2.05, 4.69) is 17.6 Å². The molecule has 0 atom stereocenters. The van der Waals surface area contributed by atoms with Gasteiger partial charge in [0.15, 0.2) is 0 Å². The number of thiol groups is 1. The number of halogens is 1. The highest BCUT2D eigenvalue weighted by Crippen LogP contribution is 2.21. The zero-order valence-corrected chi connectivity index (χ0v) is 8.21. The zero-order valence-electron chi connectivity index (χ0n) is 7.31. The van der Waals surface area contributed by atoms with Crippen LogP contribution in [0.15, 0.2) is 47.5 Å². The summed E-state index contributed by atoms with van der Waals surface area (Å²) in [5.41, 5.74) is 1.88. The van der Waals surface area contributed by atoms with Crippen LogP contribution in [0.2, 0.25) is 0 Å². The van der Waals surface area contributed by atoms with Gasteiger partial charge >= 0.3 is 0 Å². The van der Waals surface area contributed by atoms with Gasteiger partial charge in [-0.25, -0.2) is 4.98 Å². The second-order valence-corrected chi connectivity index (χ2v) is 3.38. The number of nitrogens with zero attached hydrogens (tertiary/aromatic N) is 1. The highest BCUT2D eigenvalue weighted by molar-refractivity contribution is 7.80. The Bertz CT molecular complexity index is 442. The minimum Gasteiger partial charge on any atom is -0.227 e. The van der Waals surface area contributed by atoms with Gasteiger partial charge in [0, 0.05) is 11.8 Å². The van der Waals surface area contributed by atoms with E-state index < -0.39 is 5.95 Å². The average molecular weight is 205 g/mol. The minimum atomic E-state index is -0.534. The quantitative estimate of drug-likeness (QED) is 0.557. The van der Waals surface area contributed by atoms with Crippen molar-refractivity contribution in [3.8, 4) is 11.1 Å². The molecule has 0 fully saturated rings. The number of rotatable bonds is 1. The lowest BCUT2D eigenvalue weighted by Crippen LogP contribution is -1.86. The highest BCUT2D eigenvalue weighted by atomic mass is 32.1. The monoisotopic (exact) mass is 205 g/mol. The van der Waals surface area contributed by atoms with Gasteiger partial charge in [-0.15, -0.1) is 12.6 Å². The number of pyridine rings is 1. The van der Waals surface area contributed by atoms with Crippen molar-refractivity contribution in [1.29, 1.82) is 0 Å². The van der Waals surface area contributed by atoms with Crippen molar-refractivity contribution in [2.45, 2.75) is 4.90 Å². The number of hydrogen-bond acceptors (Lipinski definition) is 2. The molecular formula is C11H8FNS. The zero-order chi connectivity index (χ0) is 9.97. The van der Waals surface area contributed by atoms with Crippen molar-refractivity contribution >= 4 is 12.6 Å². The second kappa shape index (κ2) is 3.80. The first-order chi connectivity index (χ1) is 6.77. The molecule has 0 aliphatic heterocycles. The predicted octanol–water partition coefficient (Wildman–Crippen LogP) is 3.18. The Kier molecular flexibility index (Phi) is 2.50.